The van der Waals surface area contributed by atoms with E-state index in [9.17, 15) is 0 Å². The van der Waals surface area contributed by atoms with Crippen molar-refractivity contribution in [3.05, 3.63) is 22.1 Å². The van der Waals surface area contributed by atoms with E-state index in [-0.39, 0.29) is 0 Å². The number of rotatable bonds is 2. The summed E-state index contributed by atoms with van der Waals surface area (Å²) in [6, 6.07) is 1.80. The molecular formula is C14H17Cl2N3. The number of H-pyrrole nitrogens is 1. The molecule has 0 radical (unpaired) electrons. The maximum atomic E-state index is 5.97. The number of nitrogens with zero attached hydrogens (tertiary/aromatic N) is 2. The molecule has 0 saturated heterocycles. The van der Waals surface area contributed by atoms with E-state index in [0.717, 1.165) is 23.7 Å². The molecule has 0 bridgehead atoms. The first-order chi connectivity index (χ1) is 9.22. The topological polar surface area (TPSA) is 41.6 Å². The molecule has 0 amide bonds. The minimum Gasteiger partial charge on any atom is -0.341 e. The molecule has 2 aromatic heterocycles. The highest BCUT2D eigenvalue weighted by Gasteiger charge is 2.15. The summed E-state index contributed by atoms with van der Waals surface area (Å²) in [5, 5.41) is 0.792. The minimum atomic E-state index is 0.321. The molecular weight excluding hydrogens is 281 g/mol. The number of halogens is 2. The van der Waals surface area contributed by atoms with E-state index in [2.05, 4.69) is 15.0 Å². The third kappa shape index (κ3) is 3.03. The summed E-state index contributed by atoms with van der Waals surface area (Å²) in [5.74, 6) is 1.75. The lowest BCUT2D eigenvalue weighted by atomic mass is 9.96. The number of nitrogens with one attached hydrogen (secondary N) is 1. The summed E-state index contributed by atoms with van der Waals surface area (Å²) < 4.78 is 0. The van der Waals surface area contributed by atoms with Crippen LogP contribution in [0, 0.1) is 5.92 Å². The number of hydrogen-bond acceptors (Lipinski definition) is 2. The van der Waals surface area contributed by atoms with E-state index in [1.807, 2.05) is 0 Å². The highest BCUT2D eigenvalue weighted by molar-refractivity contribution is 6.41. The molecule has 1 N–H and O–H groups in total. The van der Waals surface area contributed by atoms with Gasteiger partial charge in [0.1, 0.15) is 11.0 Å². The van der Waals surface area contributed by atoms with Crippen LogP contribution < -0.4 is 0 Å². The molecule has 0 aromatic carbocycles. The minimum absolute atomic E-state index is 0.321. The van der Waals surface area contributed by atoms with Gasteiger partial charge in [-0.2, -0.15) is 0 Å². The smallest absolute Gasteiger partial charge is 0.179 e. The number of aromatic nitrogens is 3. The summed E-state index contributed by atoms with van der Waals surface area (Å²) in [5.41, 5.74) is 1.54. The second-order valence-corrected chi connectivity index (χ2v) is 6.14. The van der Waals surface area contributed by atoms with Crippen LogP contribution in [0.2, 0.25) is 10.2 Å². The number of pyridine rings is 1. The van der Waals surface area contributed by atoms with Crippen molar-refractivity contribution < 1.29 is 0 Å². The Labute approximate surface area is 122 Å². The fourth-order valence-electron chi connectivity index (χ4n) is 2.88. The Kier molecular flexibility index (Phi) is 3.94. The van der Waals surface area contributed by atoms with Gasteiger partial charge in [0.2, 0.25) is 0 Å². The zero-order chi connectivity index (χ0) is 13.2. The maximum absolute atomic E-state index is 5.97. The van der Waals surface area contributed by atoms with Crippen LogP contribution in [0.1, 0.15) is 44.3 Å². The SMILES string of the molecule is Clc1cc2[nH]c(CC3CCCCCC3)nc2nc1Cl. The molecule has 0 aliphatic heterocycles. The zero-order valence-electron chi connectivity index (χ0n) is 10.8. The van der Waals surface area contributed by atoms with Gasteiger partial charge in [-0.1, -0.05) is 61.7 Å². The quantitative estimate of drug-likeness (QED) is 0.640. The largest absolute Gasteiger partial charge is 0.341 e. The Morgan fingerprint density at radius 3 is 2.58 bits per heavy atom. The lowest BCUT2D eigenvalue weighted by Crippen LogP contribution is -2.04. The first kappa shape index (κ1) is 13.2. The Bertz CT molecular complexity index is 532. The highest BCUT2D eigenvalue weighted by atomic mass is 35.5. The molecule has 3 nitrogen and oxygen atoms in total. The molecule has 0 atom stereocenters. The Morgan fingerprint density at radius 1 is 1.11 bits per heavy atom. The first-order valence-electron chi connectivity index (χ1n) is 6.93. The van der Waals surface area contributed by atoms with E-state index in [0.29, 0.717) is 15.8 Å². The Balaban J connectivity index is 1.80. The molecule has 2 aromatic rings. The molecule has 19 heavy (non-hydrogen) atoms. The second-order valence-electron chi connectivity index (χ2n) is 5.38. The van der Waals surface area contributed by atoms with Crippen LogP contribution in [-0.2, 0) is 6.42 Å². The summed E-state index contributed by atoms with van der Waals surface area (Å²) in [7, 11) is 0. The van der Waals surface area contributed by atoms with Crippen molar-refractivity contribution in [2.45, 2.75) is 44.9 Å². The first-order valence-corrected chi connectivity index (χ1v) is 7.68. The lowest BCUT2D eigenvalue weighted by Gasteiger charge is -2.11. The van der Waals surface area contributed by atoms with E-state index in [1.54, 1.807) is 6.07 Å². The number of aromatic amines is 1. The predicted molar refractivity (Wildman–Crippen MR) is 78.8 cm³/mol. The second kappa shape index (κ2) is 5.68. The molecule has 1 aliphatic carbocycles. The fourth-order valence-corrected chi connectivity index (χ4v) is 3.17. The zero-order valence-corrected chi connectivity index (χ0v) is 12.3. The monoisotopic (exact) mass is 297 g/mol. The maximum Gasteiger partial charge on any atom is 0.179 e. The van der Waals surface area contributed by atoms with Gasteiger partial charge < -0.3 is 4.98 Å². The van der Waals surface area contributed by atoms with Gasteiger partial charge >= 0.3 is 0 Å². The molecule has 1 fully saturated rings. The van der Waals surface area contributed by atoms with Gasteiger partial charge in [-0.15, -0.1) is 0 Å². The molecule has 2 heterocycles. The van der Waals surface area contributed by atoms with Crippen LogP contribution in [0.15, 0.2) is 6.07 Å². The van der Waals surface area contributed by atoms with Crippen LogP contribution in [0.3, 0.4) is 0 Å². The van der Waals surface area contributed by atoms with Crippen molar-refractivity contribution in [1.82, 2.24) is 15.0 Å². The average Bonchev–Trinajstić information content (AvgIpc) is 2.60. The highest BCUT2D eigenvalue weighted by Crippen LogP contribution is 2.27. The predicted octanol–water partition coefficient (Wildman–Crippen LogP) is 4.78. The summed E-state index contributed by atoms with van der Waals surface area (Å²) in [6.45, 7) is 0. The molecule has 3 rings (SSSR count). The van der Waals surface area contributed by atoms with Crippen LogP contribution in [0.5, 0.6) is 0 Å². The summed E-state index contributed by atoms with van der Waals surface area (Å²) in [6.07, 6.45) is 9.08. The number of imidazole rings is 1. The van der Waals surface area contributed by atoms with Crippen molar-refractivity contribution in [2.24, 2.45) is 5.92 Å². The summed E-state index contributed by atoms with van der Waals surface area (Å²) in [4.78, 5) is 12.0. The van der Waals surface area contributed by atoms with Gasteiger partial charge in [0, 0.05) is 6.42 Å². The van der Waals surface area contributed by atoms with E-state index in [4.69, 9.17) is 23.2 Å². The van der Waals surface area contributed by atoms with Crippen molar-refractivity contribution in [3.8, 4) is 0 Å². The molecule has 102 valence electrons. The van der Waals surface area contributed by atoms with Gasteiger partial charge in [-0.3, -0.25) is 0 Å². The molecule has 5 heteroatoms. The van der Waals surface area contributed by atoms with Gasteiger partial charge in [0.05, 0.1) is 10.5 Å². The van der Waals surface area contributed by atoms with Gasteiger partial charge in [0.15, 0.2) is 5.65 Å². The lowest BCUT2D eigenvalue weighted by molar-refractivity contribution is 0.450. The fraction of sp³-hybridized carbons (Fsp3) is 0.571. The average molecular weight is 298 g/mol. The van der Waals surface area contributed by atoms with Crippen LogP contribution >= 0.6 is 23.2 Å². The number of fused-ring (bicyclic) bond motifs is 1. The van der Waals surface area contributed by atoms with Crippen LogP contribution in [0.25, 0.3) is 11.2 Å². The van der Waals surface area contributed by atoms with E-state index >= 15 is 0 Å². The third-order valence-electron chi connectivity index (χ3n) is 3.89. The molecule has 0 unspecified atom stereocenters. The summed E-state index contributed by atoms with van der Waals surface area (Å²) >= 11 is 11.9. The van der Waals surface area contributed by atoms with Crippen molar-refractivity contribution in [1.29, 1.82) is 0 Å². The Morgan fingerprint density at radius 2 is 1.84 bits per heavy atom. The molecule has 1 saturated carbocycles. The van der Waals surface area contributed by atoms with E-state index in [1.165, 1.54) is 38.5 Å². The van der Waals surface area contributed by atoms with Gasteiger partial charge in [-0.05, 0) is 12.0 Å². The van der Waals surface area contributed by atoms with Crippen LogP contribution in [-0.4, -0.2) is 15.0 Å². The Hall–Kier alpha value is -0.800. The van der Waals surface area contributed by atoms with E-state index < -0.39 is 0 Å². The normalized spacial score (nSPS) is 17.8. The molecule has 0 spiro atoms. The third-order valence-corrected chi connectivity index (χ3v) is 4.56. The molecule has 1 aliphatic rings. The van der Waals surface area contributed by atoms with Gasteiger partial charge in [0.25, 0.3) is 0 Å². The van der Waals surface area contributed by atoms with Crippen molar-refractivity contribution in [2.75, 3.05) is 0 Å². The van der Waals surface area contributed by atoms with Gasteiger partial charge in [-0.25, -0.2) is 9.97 Å². The standard InChI is InChI=1S/C14H17Cl2N3/c15-10-8-11-14(19-13(10)16)18-12(17-11)7-9-5-3-1-2-4-6-9/h8-9H,1-7H2,(H,17,18,19). The van der Waals surface area contributed by atoms with Crippen molar-refractivity contribution >= 4 is 34.4 Å². The van der Waals surface area contributed by atoms with Crippen LogP contribution in [0.4, 0.5) is 0 Å². The number of hydrogen-bond donors (Lipinski definition) is 1. The van der Waals surface area contributed by atoms with Crippen molar-refractivity contribution in [3.63, 3.8) is 0 Å².